The van der Waals surface area contributed by atoms with Crippen molar-refractivity contribution in [3.63, 3.8) is 0 Å². The van der Waals surface area contributed by atoms with E-state index in [9.17, 15) is 0 Å². The molecule has 2 heteroatoms. The number of rotatable bonds is 7. The Hall–Kier alpha value is -3.20. The summed E-state index contributed by atoms with van der Waals surface area (Å²) in [5, 5.41) is 5.02. The van der Waals surface area contributed by atoms with Crippen molar-refractivity contribution in [3.05, 3.63) is 108 Å². The van der Waals surface area contributed by atoms with Gasteiger partial charge < -0.3 is 9.47 Å². The lowest BCUT2D eigenvalue weighted by atomic mass is 9.97. The predicted octanol–water partition coefficient (Wildman–Crippen LogP) is 6.83. The molecule has 0 unspecified atom stereocenters. The van der Waals surface area contributed by atoms with Crippen LogP contribution in [-0.4, -0.2) is 13.2 Å². The average Bonchev–Trinajstić information content (AvgIpc) is 3.01. The molecule has 0 atom stereocenters. The van der Waals surface area contributed by atoms with Crippen LogP contribution in [-0.2, 0) is 22.7 Å². The molecular formula is C28H24O2. The fraction of sp³-hybridized carbons (Fsp3) is 0.143. The van der Waals surface area contributed by atoms with Crippen molar-refractivity contribution in [2.75, 3.05) is 13.2 Å². The number of ether oxygens (including phenoxy) is 2. The zero-order valence-electron chi connectivity index (χ0n) is 16.9. The first-order valence-electron chi connectivity index (χ1n) is 10.4. The quantitative estimate of drug-likeness (QED) is 0.223. The van der Waals surface area contributed by atoms with Gasteiger partial charge in [0.25, 0.3) is 0 Å². The minimum atomic E-state index is 0.573. The molecule has 0 heterocycles. The molecule has 0 fully saturated rings. The summed E-state index contributed by atoms with van der Waals surface area (Å²) in [4.78, 5) is 0. The first kappa shape index (κ1) is 18.8. The molecule has 30 heavy (non-hydrogen) atoms. The van der Waals surface area contributed by atoms with Gasteiger partial charge in [-0.3, -0.25) is 0 Å². The van der Waals surface area contributed by atoms with Crippen LogP contribution in [0.15, 0.2) is 97.1 Å². The van der Waals surface area contributed by atoms with E-state index in [1.165, 1.54) is 43.8 Å². The summed E-state index contributed by atoms with van der Waals surface area (Å²) in [5.74, 6) is 0. The van der Waals surface area contributed by atoms with Crippen LogP contribution in [0.5, 0.6) is 0 Å². The van der Waals surface area contributed by atoms with Crippen molar-refractivity contribution in [1.29, 1.82) is 0 Å². The molecule has 5 rings (SSSR count). The molecule has 0 saturated carbocycles. The first-order chi connectivity index (χ1) is 14.9. The fourth-order valence-corrected chi connectivity index (χ4v) is 4.14. The highest BCUT2D eigenvalue weighted by atomic mass is 16.5. The minimum Gasteiger partial charge on any atom is -0.374 e. The van der Waals surface area contributed by atoms with E-state index in [1.54, 1.807) is 0 Å². The van der Waals surface area contributed by atoms with Crippen molar-refractivity contribution >= 4 is 21.5 Å². The maximum absolute atomic E-state index is 6.03. The second-order valence-corrected chi connectivity index (χ2v) is 7.54. The third-order valence-corrected chi connectivity index (χ3v) is 5.64. The Morgan fingerprint density at radius 2 is 1.17 bits per heavy atom. The molecule has 2 aliphatic rings. The van der Waals surface area contributed by atoms with Crippen LogP contribution in [0.3, 0.4) is 0 Å². The third kappa shape index (κ3) is 3.80. The summed E-state index contributed by atoms with van der Waals surface area (Å²) in [6.07, 6.45) is 0. The van der Waals surface area contributed by atoms with E-state index >= 15 is 0 Å². The van der Waals surface area contributed by atoms with E-state index in [1.807, 2.05) is 0 Å². The zero-order valence-corrected chi connectivity index (χ0v) is 16.9. The van der Waals surface area contributed by atoms with Gasteiger partial charge in [-0.2, -0.15) is 0 Å². The van der Waals surface area contributed by atoms with Gasteiger partial charge >= 0.3 is 0 Å². The van der Waals surface area contributed by atoms with E-state index in [4.69, 9.17) is 9.47 Å². The smallest absolute Gasteiger partial charge is 0.0730 e. The summed E-state index contributed by atoms with van der Waals surface area (Å²) in [5.41, 5.74) is 4.97. The molecule has 0 spiro atoms. The normalized spacial score (nSPS) is 11.5. The lowest BCUT2D eigenvalue weighted by Gasteiger charge is -2.12. The van der Waals surface area contributed by atoms with Crippen LogP contribution in [0.4, 0.5) is 0 Å². The molecule has 0 bridgehead atoms. The van der Waals surface area contributed by atoms with E-state index in [-0.39, 0.29) is 0 Å². The van der Waals surface area contributed by atoms with Gasteiger partial charge in [-0.25, -0.2) is 0 Å². The summed E-state index contributed by atoms with van der Waals surface area (Å²) in [6, 6.07) is 34.1. The lowest BCUT2D eigenvalue weighted by molar-refractivity contribution is 0.0347. The topological polar surface area (TPSA) is 18.5 Å². The van der Waals surface area contributed by atoms with Crippen LogP contribution in [0.2, 0.25) is 0 Å². The van der Waals surface area contributed by atoms with Gasteiger partial charge in [0.05, 0.1) is 26.4 Å². The average molecular weight is 392 g/mol. The molecule has 0 saturated heterocycles. The van der Waals surface area contributed by atoms with Crippen molar-refractivity contribution in [3.8, 4) is 11.1 Å². The van der Waals surface area contributed by atoms with Crippen molar-refractivity contribution in [2.45, 2.75) is 13.2 Å². The largest absolute Gasteiger partial charge is 0.374 e. The minimum absolute atomic E-state index is 0.573. The maximum atomic E-state index is 6.03. The molecule has 0 N–H and O–H groups in total. The SMILES string of the molecule is c1ccc2ccc(COCCOCc3c4ccccc4cc4ccccc34)c-2cc1. The van der Waals surface area contributed by atoms with Crippen LogP contribution in [0.25, 0.3) is 32.7 Å². The number of hydrogen-bond acceptors (Lipinski definition) is 2. The molecule has 148 valence electrons. The summed E-state index contributed by atoms with van der Waals surface area (Å²) >= 11 is 0. The van der Waals surface area contributed by atoms with E-state index in [0.717, 1.165) is 0 Å². The monoisotopic (exact) mass is 392 g/mol. The molecule has 0 radical (unpaired) electrons. The highest BCUT2D eigenvalue weighted by molar-refractivity contribution is 6.02. The van der Waals surface area contributed by atoms with Gasteiger partial charge in [0.2, 0.25) is 0 Å². The molecule has 2 nitrogen and oxygen atoms in total. The van der Waals surface area contributed by atoms with Gasteiger partial charge in [0.1, 0.15) is 0 Å². The van der Waals surface area contributed by atoms with Gasteiger partial charge in [0.15, 0.2) is 0 Å². The Bertz CT molecular complexity index is 1200. The van der Waals surface area contributed by atoms with E-state index in [0.29, 0.717) is 26.4 Å². The van der Waals surface area contributed by atoms with Crippen LogP contribution in [0.1, 0.15) is 11.1 Å². The number of fused-ring (bicyclic) bond motifs is 3. The Balaban J connectivity index is 1.22. The Kier molecular flexibility index (Phi) is 5.43. The molecule has 2 aliphatic carbocycles. The summed E-state index contributed by atoms with van der Waals surface area (Å²) in [6.45, 7) is 2.34. The highest BCUT2D eigenvalue weighted by Crippen LogP contribution is 2.29. The number of benzene rings is 3. The van der Waals surface area contributed by atoms with Crippen LogP contribution < -0.4 is 0 Å². The zero-order chi connectivity index (χ0) is 20.2. The molecular weight excluding hydrogens is 368 g/mol. The molecule has 0 aromatic heterocycles. The van der Waals surface area contributed by atoms with Gasteiger partial charge in [-0.1, -0.05) is 91.0 Å². The van der Waals surface area contributed by atoms with Gasteiger partial charge in [-0.05, 0) is 49.9 Å². The van der Waals surface area contributed by atoms with Crippen molar-refractivity contribution < 1.29 is 9.47 Å². The second-order valence-electron chi connectivity index (χ2n) is 7.54. The summed E-state index contributed by atoms with van der Waals surface area (Å²) < 4.78 is 11.9. The highest BCUT2D eigenvalue weighted by Gasteiger charge is 2.09. The van der Waals surface area contributed by atoms with Crippen molar-refractivity contribution in [2.24, 2.45) is 0 Å². The molecule has 3 aromatic carbocycles. The molecule has 3 aromatic rings. The van der Waals surface area contributed by atoms with Crippen LogP contribution >= 0.6 is 0 Å². The Morgan fingerprint density at radius 3 is 1.93 bits per heavy atom. The molecule has 0 aliphatic heterocycles. The predicted molar refractivity (Wildman–Crippen MR) is 124 cm³/mol. The Morgan fingerprint density at radius 1 is 0.533 bits per heavy atom. The summed E-state index contributed by atoms with van der Waals surface area (Å²) in [7, 11) is 0. The lowest BCUT2D eigenvalue weighted by Crippen LogP contribution is -2.05. The van der Waals surface area contributed by atoms with Crippen molar-refractivity contribution in [1.82, 2.24) is 0 Å². The van der Waals surface area contributed by atoms with E-state index < -0.39 is 0 Å². The third-order valence-electron chi connectivity index (χ3n) is 5.64. The van der Waals surface area contributed by atoms with E-state index in [2.05, 4.69) is 97.1 Å². The first-order valence-corrected chi connectivity index (χ1v) is 10.4. The molecule has 0 amide bonds. The van der Waals surface area contributed by atoms with Gasteiger partial charge in [0, 0.05) is 0 Å². The van der Waals surface area contributed by atoms with Gasteiger partial charge in [-0.15, -0.1) is 0 Å². The second kappa shape index (κ2) is 8.66. The Labute approximate surface area is 177 Å². The standard InChI is InChI=1S/C28H24O2/c1-2-8-21-14-15-24(25(21)11-3-1)19-29-16-17-30-20-28-26-12-6-4-9-22(26)18-23-10-5-7-13-27(23)28/h1-15,18H,16-17,19-20H2. The number of hydrogen-bond donors (Lipinski definition) is 0. The maximum Gasteiger partial charge on any atom is 0.0730 e. The fourth-order valence-electron chi connectivity index (χ4n) is 4.14. The van der Waals surface area contributed by atoms with Crippen LogP contribution in [0, 0.1) is 0 Å².